The number of para-hydroxylation sites is 2. The molecule has 11 nitrogen and oxygen atoms in total. The fourth-order valence-corrected chi connectivity index (χ4v) is 6.03. The first-order valence-electron chi connectivity index (χ1n) is 17.2. The Morgan fingerprint density at radius 2 is 1.73 bits per heavy atom. The van der Waals surface area contributed by atoms with Gasteiger partial charge in [-0.15, -0.1) is 0 Å². The average Bonchev–Trinajstić information content (AvgIpc) is 3.73. The maximum Gasteiger partial charge on any atom is 0.418 e. The molecular weight excluding hydrogens is 669 g/mol. The summed E-state index contributed by atoms with van der Waals surface area (Å²) < 4.78 is 45.6. The summed E-state index contributed by atoms with van der Waals surface area (Å²) in [4.78, 5) is 33.6. The molecule has 3 heterocycles. The Labute approximate surface area is 300 Å². The van der Waals surface area contributed by atoms with E-state index in [0.29, 0.717) is 34.8 Å². The Hall–Kier alpha value is -5.76. The van der Waals surface area contributed by atoms with E-state index in [4.69, 9.17) is 4.98 Å². The van der Waals surface area contributed by atoms with E-state index < -0.39 is 17.6 Å². The SMILES string of the molecule is CCN(CC)CCCCNc1cc(-n2c(Nc3cc(NC(=O)c4ccc(-n5ccnc5C)c(C(F)(F)F)c4)ccc3C)nc3ccccc32)ncn1. The zero-order valence-corrected chi connectivity index (χ0v) is 29.5. The van der Waals surface area contributed by atoms with Gasteiger partial charge in [0.05, 0.1) is 22.3 Å². The van der Waals surface area contributed by atoms with E-state index in [0.717, 1.165) is 61.7 Å². The molecule has 3 N–H and O–H groups in total. The molecule has 14 heteroatoms. The van der Waals surface area contributed by atoms with Crippen LogP contribution in [0.15, 0.2) is 85.5 Å². The molecule has 0 radical (unpaired) electrons. The van der Waals surface area contributed by atoms with Crippen molar-refractivity contribution in [3.8, 4) is 11.5 Å². The molecule has 0 atom stereocenters. The topological polar surface area (TPSA) is 118 Å². The summed E-state index contributed by atoms with van der Waals surface area (Å²) in [5, 5.41) is 9.57. The predicted octanol–water partition coefficient (Wildman–Crippen LogP) is 8.17. The number of hydrogen-bond donors (Lipinski definition) is 3. The minimum Gasteiger partial charge on any atom is -0.370 e. The maximum atomic E-state index is 14.1. The molecule has 0 aliphatic carbocycles. The van der Waals surface area contributed by atoms with E-state index in [1.54, 1.807) is 19.1 Å². The number of alkyl halides is 3. The molecule has 0 fully saturated rings. The number of aryl methyl sites for hydroxylation is 2. The molecule has 0 aliphatic rings. The number of nitrogens with one attached hydrogen (secondary N) is 3. The third-order valence-corrected chi connectivity index (χ3v) is 8.94. The van der Waals surface area contributed by atoms with Crippen LogP contribution in [0.25, 0.3) is 22.5 Å². The number of rotatable bonds is 14. The van der Waals surface area contributed by atoms with Crippen LogP contribution in [-0.2, 0) is 6.18 Å². The number of anilines is 4. The van der Waals surface area contributed by atoms with Crippen molar-refractivity contribution in [2.45, 2.75) is 46.7 Å². The molecule has 0 saturated carbocycles. The Morgan fingerprint density at radius 1 is 0.923 bits per heavy atom. The van der Waals surface area contributed by atoms with Crippen LogP contribution in [0.3, 0.4) is 0 Å². The molecule has 0 aliphatic heterocycles. The van der Waals surface area contributed by atoms with Gasteiger partial charge in [-0.1, -0.05) is 32.0 Å². The first-order chi connectivity index (χ1) is 25.0. The van der Waals surface area contributed by atoms with Gasteiger partial charge in [0.25, 0.3) is 5.91 Å². The number of benzene rings is 3. The van der Waals surface area contributed by atoms with Gasteiger partial charge in [0.2, 0.25) is 5.95 Å². The van der Waals surface area contributed by atoms with Gasteiger partial charge in [0.15, 0.2) is 0 Å². The Kier molecular flexibility index (Phi) is 10.8. The first kappa shape index (κ1) is 36.0. The summed E-state index contributed by atoms with van der Waals surface area (Å²) in [6.45, 7) is 11.8. The lowest BCUT2D eigenvalue weighted by molar-refractivity contribution is -0.137. The largest absolute Gasteiger partial charge is 0.418 e. The third kappa shape index (κ3) is 8.07. The zero-order chi connectivity index (χ0) is 36.8. The number of halogens is 3. The van der Waals surface area contributed by atoms with Gasteiger partial charge in [-0.05, 0) is 94.4 Å². The van der Waals surface area contributed by atoms with Gasteiger partial charge in [-0.3, -0.25) is 9.36 Å². The Balaban J connectivity index is 1.23. The molecule has 1 amide bonds. The summed E-state index contributed by atoms with van der Waals surface area (Å²) in [5.41, 5.74) is 2.26. The highest BCUT2D eigenvalue weighted by Crippen LogP contribution is 2.35. The number of aromatic nitrogens is 6. The minimum absolute atomic E-state index is 0.110. The first-order valence-corrected chi connectivity index (χ1v) is 17.2. The predicted molar refractivity (Wildman–Crippen MR) is 198 cm³/mol. The average molecular weight is 711 g/mol. The van der Waals surface area contributed by atoms with Gasteiger partial charge in [0.1, 0.15) is 23.8 Å². The van der Waals surface area contributed by atoms with Gasteiger partial charge >= 0.3 is 6.18 Å². The van der Waals surface area contributed by atoms with Crippen molar-refractivity contribution in [3.05, 3.63) is 108 Å². The van der Waals surface area contributed by atoms with E-state index >= 15 is 0 Å². The lowest BCUT2D eigenvalue weighted by Crippen LogP contribution is -2.24. The smallest absolute Gasteiger partial charge is 0.370 e. The fourth-order valence-electron chi connectivity index (χ4n) is 6.03. The maximum absolute atomic E-state index is 14.1. The van der Waals surface area contributed by atoms with Crippen LogP contribution in [0.2, 0.25) is 0 Å². The molecule has 6 aromatic rings. The number of imidazole rings is 2. The van der Waals surface area contributed by atoms with Crippen molar-refractivity contribution in [2.24, 2.45) is 0 Å². The number of carbonyl (C=O) groups excluding carboxylic acids is 1. The van der Waals surface area contributed by atoms with Crippen LogP contribution in [0.5, 0.6) is 0 Å². The van der Waals surface area contributed by atoms with Crippen molar-refractivity contribution in [1.82, 2.24) is 34.0 Å². The van der Waals surface area contributed by atoms with Crippen LogP contribution in [-0.4, -0.2) is 66.1 Å². The number of fused-ring (bicyclic) bond motifs is 1. The molecule has 3 aromatic carbocycles. The number of hydrogen-bond acceptors (Lipinski definition) is 8. The van der Waals surface area contributed by atoms with E-state index in [-0.39, 0.29) is 11.3 Å². The highest BCUT2D eigenvalue weighted by Gasteiger charge is 2.35. The van der Waals surface area contributed by atoms with Crippen LogP contribution < -0.4 is 16.0 Å². The van der Waals surface area contributed by atoms with E-state index in [9.17, 15) is 18.0 Å². The van der Waals surface area contributed by atoms with Crippen molar-refractivity contribution >= 4 is 40.1 Å². The Bertz CT molecular complexity index is 2170. The molecule has 6 rings (SSSR count). The van der Waals surface area contributed by atoms with Crippen molar-refractivity contribution in [3.63, 3.8) is 0 Å². The van der Waals surface area contributed by atoms with E-state index in [2.05, 4.69) is 49.6 Å². The zero-order valence-electron chi connectivity index (χ0n) is 29.5. The number of amides is 1. The normalized spacial score (nSPS) is 11.7. The quantitative estimate of drug-likeness (QED) is 0.0970. The van der Waals surface area contributed by atoms with Crippen molar-refractivity contribution in [2.75, 3.05) is 42.1 Å². The van der Waals surface area contributed by atoms with Gasteiger partial charge in [-0.25, -0.2) is 19.9 Å². The molecule has 0 saturated heterocycles. The summed E-state index contributed by atoms with van der Waals surface area (Å²) in [5.74, 6) is 1.49. The molecular formula is C38H41F3N10O. The van der Waals surface area contributed by atoms with Gasteiger partial charge < -0.3 is 25.4 Å². The highest BCUT2D eigenvalue weighted by molar-refractivity contribution is 6.05. The minimum atomic E-state index is -4.69. The van der Waals surface area contributed by atoms with E-state index in [1.807, 2.05) is 47.9 Å². The van der Waals surface area contributed by atoms with Gasteiger partial charge in [-0.2, -0.15) is 13.2 Å². The Morgan fingerprint density at radius 3 is 2.48 bits per heavy atom. The molecule has 0 unspecified atom stereocenters. The van der Waals surface area contributed by atoms with Crippen molar-refractivity contribution in [1.29, 1.82) is 0 Å². The second-order valence-corrected chi connectivity index (χ2v) is 12.4. The number of nitrogens with zero attached hydrogens (tertiary/aromatic N) is 7. The molecule has 0 spiro atoms. The fraction of sp³-hybridized carbons (Fsp3) is 0.289. The lowest BCUT2D eigenvalue weighted by Gasteiger charge is -2.17. The summed E-state index contributed by atoms with van der Waals surface area (Å²) in [7, 11) is 0. The highest BCUT2D eigenvalue weighted by atomic mass is 19.4. The van der Waals surface area contributed by atoms with Crippen LogP contribution >= 0.6 is 0 Å². The number of unbranched alkanes of at least 4 members (excludes halogenated alkanes) is 1. The summed E-state index contributed by atoms with van der Waals surface area (Å²) in [6, 6.07) is 18.3. The molecule has 270 valence electrons. The standard InChI is InChI=1S/C38H41F3N10O/c1-5-49(6-2)19-10-9-17-43-34-23-35(45-24-44-34)51-33-12-8-7-11-30(33)47-37(51)48-31-22-28(15-13-25(31)3)46-36(52)27-14-16-32(29(21-27)38(39,40)41)50-20-18-42-26(50)4/h7-8,11-16,18,20-24H,5-6,9-10,17,19H2,1-4H3,(H,46,52)(H,47,48)(H,43,44,45). The molecule has 3 aromatic heterocycles. The molecule has 0 bridgehead atoms. The van der Waals surface area contributed by atoms with Crippen LogP contribution in [0.4, 0.5) is 36.3 Å². The second-order valence-electron chi connectivity index (χ2n) is 12.4. The molecule has 52 heavy (non-hydrogen) atoms. The van der Waals surface area contributed by atoms with Crippen LogP contribution in [0.1, 0.15) is 54.0 Å². The summed E-state index contributed by atoms with van der Waals surface area (Å²) in [6.07, 6.45) is 1.78. The van der Waals surface area contributed by atoms with Gasteiger partial charge in [0, 0.05) is 41.9 Å². The number of carbonyl (C=O) groups is 1. The van der Waals surface area contributed by atoms with Crippen LogP contribution in [0, 0.1) is 13.8 Å². The lowest BCUT2D eigenvalue weighted by atomic mass is 10.1. The van der Waals surface area contributed by atoms with Crippen molar-refractivity contribution < 1.29 is 18.0 Å². The second kappa shape index (κ2) is 15.6. The monoisotopic (exact) mass is 710 g/mol. The third-order valence-electron chi connectivity index (χ3n) is 8.94. The van der Waals surface area contributed by atoms with E-state index in [1.165, 1.54) is 35.4 Å². The summed E-state index contributed by atoms with van der Waals surface area (Å²) >= 11 is 0.